The van der Waals surface area contributed by atoms with E-state index in [0.717, 1.165) is 45.7 Å². The lowest BCUT2D eigenvalue weighted by atomic mass is 9.97. The van der Waals surface area contributed by atoms with Crippen molar-refractivity contribution in [2.24, 2.45) is 29.6 Å². The average Bonchev–Trinajstić information content (AvgIpc) is 3.61. The van der Waals surface area contributed by atoms with Gasteiger partial charge in [-0.25, -0.2) is 0 Å². The summed E-state index contributed by atoms with van der Waals surface area (Å²) in [6, 6.07) is 0. The highest BCUT2D eigenvalue weighted by molar-refractivity contribution is 5.83. The van der Waals surface area contributed by atoms with E-state index in [1.54, 1.807) is 20.8 Å². The molecule has 2 saturated carbocycles. The van der Waals surface area contributed by atoms with Crippen molar-refractivity contribution in [1.82, 2.24) is 0 Å². The fourth-order valence-electron chi connectivity index (χ4n) is 5.34. The first-order valence-electron chi connectivity index (χ1n) is 11.7. The van der Waals surface area contributed by atoms with Crippen LogP contribution in [0.15, 0.2) is 0 Å². The number of rotatable bonds is 4. The number of hydrogen-bond acceptors (Lipinski definition) is 6. The third-order valence-corrected chi connectivity index (χ3v) is 6.95. The van der Waals surface area contributed by atoms with E-state index in [2.05, 4.69) is 0 Å². The number of fused-ring (bicyclic) bond motifs is 2. The van der Waals surface area contributed by atoms with Crippen molar-refractivity contribution in [3.05, 3.63) is 0 Å². The molecule has 30 heavy (non-hydrogen) atoms. The molecule has 0 aromatic carbocycles. The van der Waals surface area contributed by atoms with Crippen molar-refractivity contribution in [3.8, 4) is 0 Å². The van der Waals surface area contributed by atoms with Crippen LogP contribution in [0.3, 0.4) is 0 Å². The monoisotopic (exact) mass is 422 g/mol. The van der Waals surface area contributed by atoms with E-state index in [1.807, 2.05) is 0 Å². The summed E-state index contributed by atoms with van der Waals surface area (Å²) in [6.07, 6.45) is 8.31. The van der Waals surface area contributed by atoms with Crippen molar-refractivity contribution in [1.29, 1.82) is 0 Å². The van der Waals surface area contributed by atoms with Crippen LogP contribution in [0.4, 0.5) is 0 Å². The molecule has 3 saturated heterocycles. The van der Waals surface area contributed by atoms with Gasteiger partial charge in [0.15, 0.2) is 0 Å². The molecule has 0 aromatic heterocycles. The maximum Gasteiger partial charge on any atom is 0.135 e. The quantitative estimate of drug-likeness (QED) is 0.691. The molecule has 0 spiro atoms. The highest BCUT2D eigenvalue weighted by Gasteiger charge is 2.55. The van der Waals surface area contributed by atoms with E-state index in [-0.39, 0.29) is 17.6 Å². The number of ether oxygens (including phenoxy) is 3. The average molecular weight is 423 g/mol. The van der Waals surface area contributed by atoms with Gasteiger partial charge in [0.2, 0.25) is 0 Å². The van der Waals surface area contributed by atoms with Crippen LogP contribution in [0.2, 0.25) is 0 Å². The Morgan fingerprint density at radius 3 is 1.57 bits per heavy atom. The molecule has 2 aliphatic carbocycles. The molecule has 0 N–H and O–H groups in total. The van der Waals surface area contributed by atoms with Gasteiger partial charge in [-0.15, -0.1) is 0 Å². The minimum atomic E-state index is 0.266. The Kier molecular flexibility index (Phi) is 8.61. The smallest absolute Gasteiger partial charge is 0.135 e. The van der Waals surface area contributed by atoms with Gasteiger partial charge >= 0.3 is 0 Å². The second-order valence-electron chi connectivity index (χ2n) is 9.55. The van der Waals surface area contributed by atoms with Gasteiger partial charge in [0.25, 0.3) is 0 Å². The molecule has 0 bridgehead atoms. The number of carbonyl (C=O) groups excluding carboxylic acids is 3. The lowest BCUT2D eigenvalue weighted by molar-refractivity contribution is -0.120. The summed E-state index contributed by atoms with van der Waals surface area (Å²) in [5.74, 6) is 3.14. The fourth-order valence-corrected chi connectivity index (χ4v) is 5.34. The Balaban J connectivity index is 0.000000128. The first kappa shape index (κ1) is 23.6. The Labute approximate surface area is 180 Å². The van der Waals surface area contributed by atoms with Crippen LogP contribution in [0, 0.1) is 29.6 Å². The van der Waals surface area contributed by atoms with Gasteiger partial charge < -0.3 is 19.0 Å². The third kappa shape index (κ3) is 6.44. The molecule has 0 radical (unpaired) electrons. The standard InChI is InChI=1S/2C8H12O2.C8H14O2/c2*1-5(9)7-6-3-2-4-10-8(6)7;1-7(9)5-8-3-2-4-10-6-8/h2*6-8H,2-4H2,1H3;8H,2-6H2,1H3. The second-order valence-corrected chi connectivity index (χ2v) is 9.55. The van der Waals surface area contributed by atoms with Gasteiger partial charge in [0.1, 0.15) is 17.3 Å². The Morgan fingerprint density at radius 2 is 1.23 bits per heavy atom. The van der Waals surface area contributed by atoms with Gasteiger partial charge in [0.05, 0.1) is 12.2 Å². The molecule has 6 nitrogen and oxygen atoms in total. The molecular formula is C24H38O6. The van der Waals surface area contributed by atoms with E-state index in [1.165, 1.54) is 19.3 Å². The highest BCUT2D eigenvalue weighted by atomic mass is 16.5. The van der Waals surface area contributed by atoms with E-state index >= 15 is 0 Å². The predicted molar refractivity (Wildman–Crippen MR) is 112 cm³/mol. The van der Waals surface area contributed by atoms with Crippen LogP contribution in [0.25, 0.3) is 0 Å². The lowest BCUT2D eigenvalue weighted by Crippen LogP contribution is -2.19. The molecule has 5 rings (SSSR count). The lowest BCUT2D eigenvalue weighted by Gasteiger charge is -2.20. The van der Waals surface area contributed by atoms with Crippen LogP contribution >= 0.6 is 0 Å². The van der Waals surface area contributed by atoms with Crippen LogP contribution in [0.5, 0.6) is 0 Å². The largest absolute Gasteiger partial charge is 0.381 e. The molecule has 170 valence electrons. The van der Waals surface area contributed by atoms with Crippen molar-refractivity contribution in [2.75, 3.05) is 26.4 Å². The van der Waals surface area contributed by atoms with Crippen LogP contribution in [0.1, 0.15) is 65.7 Å². The van der Waals surface area contributed by atoms with Gasteiger partial charge in [0, 0.05) is 44.7 Å². The van der Waals surface area contributed by atoms with Crippen LogP contribution in [-0.2, 0) is 28.6 Å². The van der Waals surface area contributed by atoms with Crippen LogP contribution < -0.4 is 0 Å². The second kappa shape index (κ2) is 11.0. The highest BCUT2D eigenvalue weighted by Crippen LogP contribution is 2.48. The van der Waals surface area contributed by atoms with Gasteiger partial charge in [-0.1, -0.05) is 0 Å². The summed E-state index contributed by atoms with van der Waals surface area (Å²) in [7, 11) is 0. The maximum absolute atomic E-state index is 10.9. The van der Waals surface area contributed by atoms with E-state index < -0.39 is 0 Å². The molecule has 0 amide bonds. The zero-order valence-corrected chi connectivity index (χ0v) is 18.8. The molecule has 3 aliphatic heterocycles. The molecule has 5 fully saturated rings. The first-order chi connectivity index (χ1) is 14.4. The number of hydrogen-bond donors (Lipinski definition) is 0. The van der Waals surface area contributed by atoms with Crippen LogP contribution in [-0.4, -0.2) is 56.0 Å². The fraction of sp³-hybridized carbons (Fsp3) is 0.875. The molecule has 7 atom stereocenters. The Bertz CT molecular complexity index is 543. The summed E-state index contributed by atoms with van der Waals surface area (Å²) in [5.41, 5.74) is 0. The van der Waals surface area contributed by atoms with Crippen molar-refractivity contribution < 1.29 is 28.6 Å². The summed E-state index contributed by atoms with van der Waals surface area (Å²) in [5, 5.41) is 0. The third-order valence-electron chi connectivity index (χ3n) is 6.95. The molecule has 0 aromatic rings. The zero-order valence-electron chi connectivity index (χ0n) is 18.8. The Hall–Kier alpha value is -1.11. The minimum absolute atomic E-state index is 0.266. The summed E-state index contributed by atoms with van der Waals surface area (Å²) in [6.45, 7) is 8.40. The first-order valence-corrected chi connectivity index (χ1v) is 11.7. The van der Waals surface area contributed by atoms with Gasteiger partial charge in [-0.05, 0) is 77.0 Å². The maximum atomic E-state index is 10.9. The predicted octanol–water partition coefficient (Wildman–Crippen LogP) is 3.39. The molecular weight excluding hydrogens is 384 g/mol. The van der Waals surface area contributed by atoms with Crippen molar-refractivity contribution in [2.45, 2.75) is 77.9 Å². The SMILES string of the molecule is CC(=O)C1C2CCCOC21.CC(=O)C1C2CCCOC21.CC(=O)CC1CCCOC1. The van der Waals surface area contributed by atoms with E-state index in [0.29, 0.717) is 47.9 Å². The number of carbonyl (C=O) groups is 3. The normalized spacial score (nSPS) is 38.3. The van der Waals surface area contributed by atoms with E-state index in [4.69, 9.17) is 14.2 Å². The van der Waals surface area contributed by atoms with Gasteiger partial charge in [-0.3, -0.25) is 9.59 Å². The molecule has 5 aliphatic rings. The van der Waals surface area contributed by atoms with Crippen molar-refractivity contribution in [3.63, 3.8) is 0 Å². The van der Waals surface area contributed by atoms with Crippen molar-refractivity contribution >= 4 is 17.3 Å². The number of Topliss-reactive ketones (excluding diaryl/α,β-unsaturated/α-hetero) is 3. The van der Waals surface area contributed by atoms with Gasteiger partial charge in [-0.2, -0.15) is 0 Å². The minimum Gasteiger partial charge on any atom is -0.381 e. The summed E-state index contributed by atoms with van der Waals surface area (Å²) < 4.78 is 16.0. The molecule has 3 heterocycles. The zero-order chi connectivity index (χ0) is 21.7. The Morgan fingerprint density at radius 1 is 0.733 bits per heavy atom. The molecule has 7 unspecified atom stereocenters. The molecule has 6 heteroatoms. The summed E-state index contributed by atoms with van der Waals surface area (Å²) >= 11 is 0. The summed E-state index contributed by atoms with van der Waals surface area (Å²) in [4.78, 5) is 32.4. The topological polar surface area (TPSA) is 78.9 Å². The van der Waals surface area contributed by atoms with E-state index in [9.17, 15) is 14.4 Å². The number of ketones is 3.